The Hall–Kier alpha value is -1.15. The number of nitrogens with one attached hydrogen (secondary N) is 1. The maximum atomic E-state index is 11.5. The van der Waals surface area contributed by atoms with Gasteiger partial charge >= 0.3 is 0 Å². The van der Waals surface area contributed by atoms with E-state index in [1.807, 2.05) is 0 Å². The van der Waals surface area contributed by atoms with Crippen LogP contribution in [0.15, 0.2) is 17.0 Å². The average molecular weight is 308 g/mol. The van der Waals surface area contributed by atoms with Gasteiger partial charge in [0.25, 0.3) is 0 Å². The van der Waals surface area contributed by atoms with Gasteiger partial charge in [-0.1, -0.05) is 0 Å². The lowest BCUT2D eigenvalue weighted by Gasteiger charge is -2.13. The fraction of sp³-hybridized carbons (Fsp3) is 0.364. The Morgan fingerprint density at radius 1 is 1.32 bits per heavy atom. The SMILES string of the molecule is Cc1cc(S(N)(=O)=O)cc(NC(=O)C(C)N)c1C.Cl. The molecule has 1 amide bonds. The molecule has 1 rings (SSSR count). The van der Waals surface area contributed by atoms with Crippen LogP contribution in [-0.4, -0.2) is 20.4 Å². The first kappa shape index (κ1) is 17.8. The number of hydrogen-bond donors (Lipinski definition) is 3. The van der Waals surface area contributed by atoms with E-state index in [2.05, 4.69) is 5.32 Å². The minimum atomic E-state index is -3.80. The predicted octanol–water partition coefficient (Wildman–Crippen LogP) is 0.658. The number of primary sulfonamides is 1. The maximum absolute atomic E-state index is 11.5. The lowest BCUT2D eigenvalue weighted by atomic mass is 10.1. The highest BCUT2D eigenvalue weighted by Gasteiger charge is 2.15. The van der Waals surface area contributed by atoms with Crippen molar-refractivity contribution in [2.45, 2.75) is 31.7 Å². The molecule has 0 aliphatic heterocycles. The first-order valence-electron chi connectivity index (χ1n) is 5.33. The number of hydrogen-bond acceptors (Lipinski definition) is 4. The molecule has 8 heteroatoms. The summed E-state index contributed by atoms with van der Waals surface area (Å²) >= 11 is 0. The summed E-state index contributed by atoms with van der Waals surface area (Å²) in [5.41, 5.74) is 7.34. The van der Waals surface area contributed by atoms with Gasteiger partial charge < -0.3 is 11.1 Å². The highest BCUT2D eigenvalue weighted by molar-refractivity contribution is 7.89. The molecule has 108 valence electrons. The van der Waals surface area contributed by atoms with Crippen LogP contribution < -0.4 is 16.2 Å². The van der Waals surface area contributed by atoms with Crippen molar-refractivity contribution < 1.29 is 13.2 Å². The molecule has 0 aromatic heterocycles. The van der Waals surface area contributed by atoms with Crippen molar-refractivity contribution >= 4 is 34.0 Å². The third kappa shape index (κ3) is 4.46. The molecule has 0 bridgehead atoms. The number of anilines is 1. The monoisotopic (exact) mass is 307 g/mol. The van der Waals surface area contributed by atoms with E-state index in [0.29, 0.717) is 5.69 Å². The molecule has 0 heterocycles. The third-order valence-electron chi connectivity index (χ3n) is 2.64. The summed E-state index contributed by atoms with van der Waals surface area (Å²) in [6.07, 6.45) is 0. The molecule has 1 atom stereocenters. The second-order valence-corrected chi connectivity index (χ2v) is 5.80. The summed E-state index contributed by atoms with van der Waals surface area (Å²) in [4.78, 5) is 11.5. The first-order chi connectivity index (χ1) is 8.12. The number of nitrogens with two attached hydrogens (primary N) is 2. The van der Waals surface area contributed by atoms with Gasteiger partial charge in [0.05, 0.1) is 10.9 Å². The van der Waals surface area contributed by atoms with Crippen molar-refractivity contribution in [3.63, 3.8) is 0 Å². The van der Waals surface area contributed by atoms with E-state index >= 15 is 0 Å². The molecule has 1 unspecified atom stereocenters. The molecule has 19 heavy (non-hydrogen) atoms. The summed E-state index contributed by atoms with van der Waals surface area (Å²) in [5.74, 6) is -0.385. The van der Waals surface area contributed by atoms with Gasteiger partial charge in [-0.2, -0.15) is 0 Å². The zero-order chi connectivity index (χ0) is 14.1. The highest BCUT2D eigenvalue weighted by atomic mass is 35.5. The Morgan fingerprint density at radius 3 is 2.26 bits per heavy atom. The summed E-state index contributed by atoms with van der Waals surface area (Å²) in [6, 6.07) is 2.12. The number of rotatable bonds is 3. The number of carbonyl (C=O) groups excluding carboxylic acids is 1. The van der Waals surface area contributed by atoms with Gasteiger partial charge in [-0.3, -0.25) is 4.79 Å². The summed E-state index contributed by atoms with van der Waals surface area (Å²) in [7, 11) is -3.80. The Balaban J connectivity index is 0.00000324. The Labute approximate surface area is 119 Å². The van der Waals surface area contributed by atoms with Crippen LogP contribution >= 0.6 is 12.4 Å². The molecule has 0 spiro atoms. The normalized spacial score (nSPS) is 12.5. The molecule has 0 saturated heterocycles. The molecule has 0 aliphatic rings. The molecule has 6 nitrogen and oxygen atoms in total. The zero-order valence-electron chi connectivity index (χ0n) is 10.9. The Bertz CT molecular complexity index is 585. The van der Waals surface area contributed by atoms with Crippen LogP contribution in [0.1, 0.15) is 18.1 Å². The van der Waals surface area contributed by atoms with E-state index in [0.717, 1.165) is 11.1 Å². The summed E-state index contributed by atoms with van der Waals surface area (Å²) in [5, 5.41) is 7.65. The number of carbonyl (C=O) groups is 1. The van der Waals surface area contributed by atoms with Crippen molar-refractivity contribution in [3.8, 4) is 0 Å². The molecule has 0 fully saturated rings. The topological polar surface area (TPSA) is 115 Å². The van der Waals surface area contributed by atoms with Gasteiger partial charge in [0, 0.05) is 5.69 Å². The van der Waals surface area contributed by atoms with E-state index in [4.69, 9.17) is 10.9 Å². The fourth-order valence-corrected chi connectivity index (χ4v) is 1.99. The fourth-order valence-electron chi connectivity index (χ4n) is 1.37. The number of sulfonamides is 1. The molecule has 5 N–H and O–H groups in total. The summed E-state index contributed by atoms with van der Waals surface area (Å²) < 4.78 is 22.6. The van der Waals surface area contributed by atoms with Gasteiger partial charge in [-0.05, 0) is 44.0 Å². The van der Waals surface area contributed by atoms with Crippen LogP contribution in [0.4, 0.5) is 5.69 Å². The smallest absolute Gasteiger partial charge is 0.241 e. The number of halogens is 1. The molecule has 1 aromatic rings. The van der Waals surface area contributed by atoms with Crippen molar-refractivity contribution in [3.05, 3.63) is 23.3 Å². The van der Waals surface area contributed by atoms with Gasteiger partial charge in [-0.15, -0.1) is 12.4 Å². The van der Waals surface area contributed by atoms with E-state index in [1.54, 1.807) is 20.8 Å². The average Bonchev–Trinajstić information content (AvgIpc) is 2.22. The van der Waals surface area contributed by atoms with Crippen LogP contribution in [0.25, 0.3) is 0 Å². The maximum Gasteiger partial charge on any atom is 0.241 e. The number of amides is 1. The lowest BCUT2D eigenvalue weighted by molar-refractivity contribution is -0.117. The van der Waals surface area contributed by atoms with Crippen molar-refractivity contribution in [1.29, 1.82) is 0 Å². The van der Waals surface area contributed by atoms with Crippen molar-refractivity contribution in [2.24, 2.45) is 10.9 Å². The predicted molar refractivity (Wildman–Crippen MR) is 76.8 cm³/mol. The number of benzene rings is 1. The molecule has 0 saturated carbocycles. The van der Waals surface area contributed by atoms with Crippen LogP contribution in [0, 0.1) is 13.8 Å². The second-order valence-electron chi connectivity index (χ2n) is 4.24. The molecular formula is C11H18ClN3O3S. The standard InChI is InChI=1S/C11H17N3O3S.ClH/c1-6-4-9(18(13,16)17)5-10(7(6)2)14-11(15)8(3)12;/h4-5,8H,12H2,1-3H3,(H,14,15)(H2,13,16,17);1H. The van der Waals surface area contributed by atoms with Crippen LogP contribution in [-0.2, 0) is 14.8 Å². The van der Waals surface area contributed by atoms with Gasteiger partial charge in [0.15, 0.2) is 0 Å². The van der Waals surface area contributed by atoms with Gasteiger partial charge in [0.2, 0.25) is 15.9 Å². The lowest BCUT2D eigenvalue weighted by Crippen LogP contribution is -2.32. The Kier molecular flexibility index (Phi) is 5.95. The van der Waals surface area contributed by atoms with Gasteiger partial charge in [-0.25, -0.2) is 13.6 Å². The molecule has 1 aromatic carbocycles. The minimum absolute atomic E-state index is 0. The van der Waals surface area contributed by atoms with E-state index < -0.39 is 16.1 Å². The van der Waals surface area contributed by atoms with Crippen LogP contribution in [0.3, 0.4) is 0 Å². The minimum Gasteiger partial charge on any atom is -0.324 e. The highest BCUT2D eigenvalue weighted by Crippen LogP contribution is 2.23. The summed E-state index contributed by atoms with van der Waals surface area (Å²) in [6.45, 7) is 5.06. The van der Waals surface area contributed by atoms with Crippen molar-refractivity contribution in [1.82, 2.24) is 0 Å². The second kappa shape index (κ2) is 6.33. The van der Waals surface area contributed by atoms with E-state index in [9.17, 15) is 13.2 Å². The third-order valence-corrected chi connectivity index (χ3v) is 3.53. The largest absolute Gasteiger partial charge is 0.324 e. The van der Waals surface area contributed by atoms with E-state index in [-0.39, 0.29) is 23.2 Å². The molecule has 0 aliphatic carbocycles. The quantitative estimate of drug-likeness (QED) is 0.760. The molecule has 0 radical (unpaired) electrons. The van der Waals surface area contributed by atoms with Crippen LogP contribution in [0.5, 0.6) is 0 Å². The Morgan fingerprint density at radius 2 is 1.84 bits per heavy atom. The number of aryl methyl sites for hydroxylation is 1. The first-order valence-corrected chi connectivity index (χ1v) is 6.88. The molecular weight excluding hydrogens is 290 g/mol. The van der Waals surface area contributed by atoms with E-state index in [1.165, 1.54) is 12.1 Å². The zero-order valence-corrected chi connectivity index (χ0v) is 12.6. The van der Waals surface area contributed by atoms with Crippen LogP contribution in [0.2, 0.25) is 0 Å². The van der Waals surface area contributed by atoms with Crippen molar-refractivity contribution in [2.75, 3.05) is 5.32 Å². The van der Waals surface area contributed by atoms with Gasteiger partial charge in [0.1, 0.15) is 0 Å².